The highest BCUT2D eigenvalue weighted by Gasteiger charge is 2.21. The second-order valence-corrected chi connectivity index (χ2v) is 5.42. The van der Waals surface area contributed by atoms with Crippen LogP contribution in [0.25, 0.3) is 0 Å². The third-order valence-corrected chi connectivity index (χ3v) is 3.52. The van der Waals surface area contributed by atoms with E-state index in [1.165, 1.54) is 6.92 Å². The van der Waals surface area contributed by atoms with Gasteiger partial charge in [0.05, 0.1) is 12.2 Å². The van der Waals surface area contributed by atoms with Crippen LogP contribution in [0.5, 0.6) is 0 Å². The van der Waals surface area contributed by atoms with Gasteiger partial charge in [0.1, 0.15) is 5.71 Å². The Morgan fingerprint density at radius 3 is 2.25 bits per heavy atom. The summed E-state index contributed by atoms with van der Waals surface area (Å²) in [5.74, 6) is -0.359. The summed E-state index contributed by atoms with van der Waals surface area (Å²) >= 11 is 0. The van der Waals surface area contributed by atoms with Gasteiger partial charge in [-0.2, -0.15) is 5.10 Å². The van der Waals surface area contributed by atoms with E-state index in [1.54, 1.807) is 23.2 Å². The maximum Gasteiger partial charge on any atom is 0.221 e. The second kappa shape index (κ2) is 6.91. The van der Waals surface area contributed by atoms with Gasteiger partial charge in [-0.25, -0.2) is 0 Å². The molecule has 120 valence electrons. The Morgan fingerprint density at radius 1 is 1.00 bits per heavy atom. The van der Waals surface area contributed by atoms with Gasteiger partial charge in [-0.3, -0.25) is 14.6 Å². The third kappa shape index (κ3) is 3.57. The normalized spacial score (nSPS) is 13.8. The van der Waals surface area contributed by atoms with Crippen molar-refractivity contribution in [3.63, 3.8) is 0 Å². The van der Waals surface area contributed by atoms with E-state index in [0.29, 0.717) is 23.5 Å². The van der Waals surface area contributed by atoms with Crippen molar-refractivity contribution < 1.29 is 9.59 Å². The number of hydrogen-bond acceptors (Lipinski definition) is 4. The number of amides is 1. The molecule has 3 rings (SSSR count). The predicted molar refractivity (Wildman–Crippen MR) is 93.9 cm³/mol. The van der Waals surface area contributed by atoms with Crippen molar-refractivity contribution in [2.75, 3.05) is 11.6 Å². The highest BCUT2D eigenvalue weighted by atomic mass is 16.1. The molecule has 0 bridgehead atoms. The quantitative estimate of drug-likeness (QED) is 0.882. The van der Waals surface area contributed by atoms with E-state index in [2.05, 4.69) is 10.4 Å². The highest BCUT2D eigenvalue weighted by Crippen LogP contribution is 2.19. The van der Waals surface area contributed by atoms with Crippen molar-refractivity contribution in [3.05, 3.63) is 78.0 Å². The molecule has 0 radical (unpaired) electrons. The zero-order valence-electron chi connectivity index (χ0n) is 13.3. The maximum atomic E-state index is 12.7. The SMILES string of the molecule is CC(=O)NC1=CC(C(=O)c2ccccc2)=NN(c2ccccc2)C1. The van der Waals surface area contributed by atoms with Crippen molar-refractivity contribution in [1.29, 1.82) is 0 Å². The first-order valence-electron chi connectivity index (χ1n) is 7.62. The summed E-state index contributed by atoms with van der Waals surface area (Å²) in [7, 11) is 0. The largest absolute Gasteiger partial charge is 0.328 e. The standard InChI is InChI=1S/C19H17N3O2/c1-14(23)20-16-12-18(19(24)15-8-4-2-5-9-15)21-22(13-16)17-10-6-3-7-11-17/h2-12H,13H2,1H3,(H,20,23). The van der Waals surface area contributed by atoms with E-state index >= 15 is 0 Å². The van der Waals surface area contributed by atoms with E-state index in [0.717, 1.165) is 5.69 Å². The molecule has 2 aromatic carbocycles. The van der Waals surface area contributed by atoms with E-state index in [-0.39, 0.29) is 11.7 Å². The smallest absolute Gasteiger partial charge is 0.221 e. The molecule has 24 heavy (non-hydrogen) atoms. The molecule has 1 heterocycles. The lowest BCUT2D eigenvalue weighted by atomic mass is 10.1. The van der Waals surface area contributed by atoms with Crippen LogP contribution in [0, 0.1) is 0 Å². The molecule has 0 saturated carbocycles. The number of hydrazone groups is 1. The molecular formula is C19H17N3O2. The summed E-state index contributed by atoms with van der Waals surface area (Å²) in [5.41, 5.74) is 2.34. The van der Waals surface area contributed by atoms with E-state index in [1.807, 2.05) is 48.5 Å². The summed E-state index contributed by atoms with van der Waals surface area (Å²) in [4.78, 5) is 24.1. The molecule has 2 aromatic rings. The van der Waals surface area contributed by atoms with Crippen molar-refractivity contribution in [2.24, 2.45) is 5.10 Å². The summed E-state index contributed by atoms with van der Waals surface area (Å²) < 4.78 is 0. The number of anilines is 1. The number of Topliss-reactive ketones (excluding diaryl/α,β-unsaturated/α-hetero) is 1. The van der Waals surface area contributed by atoms with Crippen LogP contribution in [0.4, 0.5) is 5.69 Å². The number of carbonyl (C=O) groups is 2. The molecule has 1 N–H and O–H groups in total. The van der Waals surface area contributed by atoms with Crippen molar-refractivity contribution in [1.82, 2.24) is 5.32 Å². The van der Waals surface area contributed by atoms with Crippen LogP contribution < -0.4 is 10.3 Å². The van der Waals surface area contributed by atoms with E-state index in [9.17, 15) is 9.59 Å². The molecular weight excluding hydrogens is 302 g/mol. The minimum atomic E-state index is -0.181. The van der Waals surface area contributed by atoms with Crippen LogP contribution in [-0.2, 0) is 4.79 Å². The lowest BCUT2D eigenvalue weighted by molar-refractivity contribution is -0.118. The van der Waals surface area contributed by atoms with E-state index in [4.69, 9.17) is 0 Å². The number of benzene rings is 2. The first-order chi connectivity index (χ1) is 11.6. The predicted octanol–water partition coefficient (Wildman–Crippen LogP) is 2.77. The molecule has 0 aliphatic carbocycles. The third-order valence-electron chi connectivity index (χ3n) is 3.52. The van der Waals surface area contributed by atoms with Gasteiger partial charge in [0.2, 0.25) is 11.7 Å². The fourth-order valence-electron chi connectivity index (χ4n) is 2.47. The average molecular weight is 319 g/mol. The molecule has 0 atom stereocenters. The van der Waals surface area contributed by atoms with Crippen molar-refractivity contribution in [3.8, 4) is 0 Å². The number of allylic oxidation sites excluding steroid dienone is 1. The topological polar surface area (TPSA) is 61.8 Å². The highest BCUT2D eigenvalue weighted by molar-refractivity contribution is 6.50. The molecule has 0 unspecified atom stereocenters. The zero-order chi connectivity index (χ0) is 16.9. The lowest BCUT2D eigenvalue weighted by Gasteiger charge is -2.25. The number of rotatable bonds is 4. The first-order valence-corrected chi connectivity index (χ1v) is 7.62. The van der Waals surface area contributed by atoms with Gasteiger partial charge >= 0.3 is 0 Å². The lowest BCUT2D eigenvalue weighted by Crippen LogP contribution is -2.35. The Kier molecular flexibility index (Phi) is 4.52. The first kappa shape index (κ1) is 15.7. The fraction of sp³-hybridized carbons (Fsp3) is 0.105. The van der Waals surface area contributed by atoms with Crippen LogP contribution in [0.3, 0.4) is 0 Å². The summed E-state index contributed by atoms with van der Waals surface area (Å²) in [6, 6.07) is 18.5. The molecule has 1 amide bonds. The van der Waals surface area contributed by atoms with Crippen molar-refractivity contribution >= 4 is 23.1 Å². The number of nitrogens with zero attached hydrogens (tertiary/aromatic N) is 2. The number of para-hydroxylation sites is 1. The molecule has 5 heteroatoms. The van der Waals surface area contributed by atoms with Gasteiger partial charge < -0.3 is 5.32 Å². The van der Waals surface area contributed by atoms with Gasteiger partial charge in [-0.15, -0.1) is 0 Å². The molecule has 0 spiro atoms. The average Bonchev–Trinajstić information content (AvgIpc) is 2.62. The number of hydrogen-bond donors (Lipinski definition) is 1. The Morgan fingerprint density at radius 2 is 1.62 bits per heavy atom. The minimum Gasteiger partial charge on any atom is -0.328 e. The Labute approximate surface area is 140 Å². The molecule has 5 nitrogen and oxygen atoms in total. The molecule has 1 aliphatic heterocycles. The molecule has 0 fully saturated rings. The number of nitrogens with one attached hydrogen (secondary N) is 1. The molecule has 1 aliphatic rings. The van der Waals surface area contributed by atoms with Crippen LogP contribution in [0.2, 0.25) is 0 Å². The minimum absolute atomic E-state index is 0.178. The van der Waals surface area contributed by atoms with Crippen LogP contribution in [0.15, 0.2) is 77.5 Å². The second-order valence-electron chi connectivity index (χ2n) is 5.42. The van der Waals surface area contributed by atoms with Gasteiger partial charge in [0.25, 0.3) is 0 Å². The number of carbonyl (C=O) groups excluding carboxylic acids is 2. The summed E-state index contributed by atoms with van der Waals surface area (Å²) in [5, 5.41) is 8.93. The van der Waals surface area contributed by atoms with Gasteiger partial charge in [0.15, 0.2) is 0 Å². The van der Waals surface area contributed by atoms with E-state index < -0.39 is 0 Å². The van der Waals surface area contributed by atoms with Crippen molar-refractivity contribution in [2.45, 2.75) is 6.92 Å². The summed E-state index contributed by atoms with van der Waals surface area (Å²) in [6.07, 6.45) is 1.64. The van der Waals surface area contributed by atoms with Crippen LogP contribution in [-0.4, -0.2) is 23.9 Å². The Balaban J connectivity index is 1.96. The van der Waals surface area contributed by atoms with Gasteiger partial charge in [-0.05, 0) is 18.2 Å². The fourth-order valence-corrected chi connectivity index (χ4v) is 2.47. The molecule has 0 aromatic heterocycles. The Hall–Kier alpha value is -3.21. The van der Waals surface area contributed by atoms with Gasteiger partial charge in [-0.1, -0.05) is 48.5 Å². The summed E-state index contributed by atoms with van der Waals surface area (Å²) in [6.45, 7) is 1.84. The number of ketones is 1. The van der Waals surface area contributed by atoms with Gasteiger partial charge in [0, 0.05) is 18.2 Å². The van der Waals surface area contributed by atoms with Crippen LogP contribution in [0.1, 0.15) is 17.3 Å². The molecule has 0 saturated heterocycles. The Bertz CT molecular complexity index is 811. The maximum absolute atomic E-state index is 12.7. The van der Waals surface area contributed by atoms with Crippen LogP contribution >= 0.6 is 0 Å². The zero-order valence-corrected chi connectivity index (χ0v) is 13.3. The monoisotopic (exact) mass is 319 g/mol.